The molecule has 1 aliphatic carbocycles. The van der Waals surface area contributed by atoms with E-state index in [4.69, 9.17) is 10.5 Å². The second kappa shape index (κ2) is 7.05. The second-order valence-electron chi connectivity index (χ2n) is 6.71. The Kier molecular flexibility index (Phi) is 5.67. The first-order chi connectivity index (χ1) is 9.20. The molecule has 3 unspecified atom stereocenters. The quantitative estimate of drug-likeness (QED) is 0.805. The predicted molar refractivity (Wildman–Crippen MR) is 80.3 cm³/mol. The highest BCUT2D eigenvalue weighted by Gasteiger charge is 2.39. The van der Waals surface area contributed by atoms with Crippen molar-refractivity contribution in [2.45, 2.75) is 70.4 Å². The predicted octanol–water partition coefficient (Wildman–Crippen LogP) is 2.79. The van der Waals surface area contributed by atoms with Crippen LogP contribution in [-0.4, -0.2) is 42.8 Å². The van der Waals surface area contributed by atoms with Crippen LogP contribution in [0.3, 0.4) is 0 Å². The van der Waals surface area contributed by atoms with Crippen molar-refractivity contribution in [1.29, 1.82) is 0 Å². The first-order valence-electron chi connectivity index (χ1n) is 8.27. The van der Waals surface area contributed by atoms with E-state index in [-0.39, 0.29) is 5.54 Å². The SMILES string of the molecule is CCCN(CC1CCCO1)C1(CN)CCCC(C)C1. The van der Waals surface area contributed by atoms with Crippen LogP contribution in [0.25, 0.3) is 0 Å². The molecule has 0 amide bonds. The maximum Gasteiger partial charge on any atom is 0.0703 e. The van der Waals surface area contributed by atoms with Crippen molar-refractivity contribution in [3.05, 3.63) is 0 Å². The van der Waals surface area contributed by atoms with Crippen LogP contribution < -0.4 is 5.73 Å². The molecular weight excluding hydrogens is 236 g/mol. The monoisotopic (exact) mass is 268 g/mol. The van der Waals surface area contributed by atoms with Gasteiger partial charge in [0.2, 0.25) is 0 Å². The minimum Gasteiger partial charge on any atom is -0.377 e. The lowest BCUT2D eigenvalue weighted by Crippen LogP contribution is -2.58. The summed E-state index contributed by atoms with van der Waals surface area (Å²) in [6.45, 7) is 8.70. The summed E-state index contributed by atoms with van der Waals surface area (Å²) in [6.07, 6.45) is 9.39. The average molecular weight is 268 g/mol. The summed E-state index contributed by atoms with van der Waals surface area (Å²) >= 11 is 0. The molecule has 1 heterocycles. The van der Waals surface area contributed by atoms with Gasteiger partial charge in [0.05, 0.1) is 6.10 Å². The molecule has 0 aromatic heterocycles. The van der Waals surface area contributed by atoms with Gasteiger partial charge in [-0.25, -0.2) is 0 Å². The summed E-state index contributed by atoms with van der Waals surface area (Å²) in [7, 11) is 0. The first-order valence-corrected chi connectivity index (χ1v) is 8.27. The van der Waals surface area contributed by atoms with Crippen LogP contribution in [0.5, 0.6) is 0 Å². The standard InChI is InChI=1S/C16H32N2O/c1-3-9-18(12-15-7-5-10-19-15)16(13-17)8-4-6-14(2)11-16/h14-15H,3-13,17H2,1-2H3. The van der Waals surface area contributed by atoms with Gasteiger partial charge in [-0.15, -0.1) is 0 Å². The van der Waals surface area contributed by atoms with Gasteiger partial charge in [0.15, 0.2) is 0 Å². The average Bonchev–Trinajstić information content (AvgIpc) is 2.91. The molecule has 2 aliphatic rings. The maximum absolute atomic E-state index is 6.22. The topological polar surface area (TPSA) is 38.5 Å². The normalized spacial score (nSPS) is 36.0. The minimum absolute atomic E-state index is 0.250. The molecule has 3 atom stereocenters. The first kappa shape index (κ1) is 15.3. The van der Waals surface area contributed by atoms with Gasteiger partial charge >= 0.3 is 0 Å². The van der Waals surface area contributed by atoms with Crippen molar-refractivity contribution < 1.29 is 4.74 Å². The highest BCUT2D eigenvalue weighted by atomic mass is 16.5. The number of hydrogen-bond donors (Lipinski definition) is 1. The molecule has 0 spiro atoms. The van der Waals surface area contributed by atoms with E-state index in [0.717, 1.165) is 25.6 Å². The van der Waals surface area contributed by atoms with E-state index in [2.05, 4.69) is 18.7 Å². The fourth-order valence-electron chi connectivity index (χ4n) is 4.06. The van der Waals surface area contributed by atoms with Crippen LogP contribution in [0.2, 0.25) is 0 Å². The summed E-state index contributed by atoms with van der Waals surface area (Å²) in [5, 5.41) is 0. The third-order valence-corrected chi connectivity index (χ3v) is 5.06. The second-order valence-corrected chi connectivity index (χ2v) is 6.71. The Morgan fingerprint density at radius 2 is 2.16 bits per heavy atom. The fourth-order valence-corrected chi connectivity index (χ4v) is 4.06. The molecular formula is C16H32N2O. The van der Waals surface area contributed by atoms with Crippen LogP contribution in [0.1, 0.15) is 58.8 Å². The van der Waals surface area contributed by atoms with Crippen molar-refractivity contribution in [2.24, 2.45) is 11.7 Å². The van der Waals surface area contributed by atoms with Crippen molar-refractivity contribution in [1.82, 2.24) is 4.90 Å². The van der Waals surface area contributed by atoms with Crippen LogP contribution in [0, 0.1) is 5.92 Å². The zero-order valence-corrected chi connectivity index (χ0v) is 12.9. The number of rotatable bonds is 6. The number of hydrogen-bond acceptors (Lipinski definition) is 3. The van der Waals surface area contributed by atoms with Gasteiger partial charge in [0, 0.05) is 25.2 Å². The number of ether oxygens (including phenoxy) is 1. The fraction of sp³-hybridized carbons (Fsp3) is 1.00. The van der Waals surface area contributed by atoms with Crippen molar-refractivity contribution in [2.75, 3.05) is 26.2 Å². The molecule has 1 saturated carbocycles. The van der Waals surface area contributed by atoms with E-state index in [0.29, 0.717) is 6.10 Å². The van der Waals surface area contributed by atoms with E-state index >= 15 is 0 Å². The van der Waals surface area contributed by atoms with Crippen LogP contribution in [0.15, 0.2) is 0 Å². The summed E-state index contributed by atoms with van der Waals surface area (Å²) in [6, 6.07) is 0. The Hall–Kier alpha value is -0.120. The van der Waals surface area contributed by atoms with Gasteiger partial charge in [0.25, 0.3) is 0 Å². The highest BCUT2D eigenvalue weighted by molar-refractivity contribution is 4.96. The third-order valence-electron chi connectivity index (χ3n) is 5.06. The molecule has 0 radical (unpaired) electrons. The summed E-state index contributed by atoms with van der Waals surface area (Å²) in [5.74, 6) is 0.821. The third kappa shape index (κ3) is 3.71. The molecule has 3 nitrogen and oxygen atoms in total. The van der Waals surface area contributed by atoms with Crippen molar-refractivity contribution in [3.8, 4) is 0 Å². The maximum atomic E-state index is 6.22. The molecule has 0 bridgehead atoms. The molecule has 2 N–H and O–H groups in total. The lowest BCUT2D eigenvalue weighted by atomic mass is 9.75. The smallest absolute Gasteiger partial charge is 0.0703 e. The Morgan fingerprint density at radius 3 is 2.74 bits per heavy atom. The number of nitrogens with two attached hydrogens (primary N) is 1. The van der Waals surface area contributed by atoms with Crippen LogP contribution >= 0.6 is 0 Å². The molecule has 112 valence electrons. The highest BCUT2D eigenvalue weighted by Crippen LogP contribution is 2.37. The summed E-state index contributed by atoms with van der Waals surface area (Å²) < 4.78 is 5.85. The Bertz CT molecular complexity index is 265. The van der Waals surface area contributed by atoms with Gasteiger partial charge in [0.1, 0.15) is 0 Å². The largest absolute Gasteiger partial charge is 0.377 e. The Labute approximate surface area is 118 Å². The van der Waals surface area contributed by atoms with E-state index in [1.807, 2.05) is 0 Å². The molecule has 1 saturated heterocycles. The van der Waals surface area contributed by atoms with Crippen LogP contribution in [0.4, 0.5) is 0 Å². The van der Waals surface area contributed by atoms with E-state index < -0.39 is 0 Å². The van der Waals surface area contributed by atoms with E-state index in [1.165, 1.54) is 51.5 Å². The summed E-state index contributed by atoms with van der Waals surface area (Å²) in [4.78, 5) is 2.68. The van der Waals surface area contributed by atoms with Gasteiger partial charge < -0.3 is 10.5 Å². The zero-order chi connectivity index (χ0) is 13.7. The molecule has 19 heavy (non-hydrogen) atoms. The zero-order valence-electron chi connectivity index (χ0n) is 12.9. The molecule has 2 fully saturated rings. The van der Waals surface area contributed by atoms with Crippen molar-refractivity contribution in [3.63, 3.8) is 0 Å². The lowest BCUT2D eigenvalue weighted by molar-refractivity contribution is -0.00578. The molecule has 2 rings (SSSR count). The molecule has 0 aromatic carbocycles. The van der Waals surface area contributed by atoms with Gasteiger partial charge in [-0.3, -0.25) is 4.90 Å². The van der Waals surface area contributed by atoms with Gasteiger partial charge in [-0.2, -0.15) is 0 Å². The lowest BCUT2D eigenvalue weighted by Gasteiger charge is -2.48. The number of nitrogens with zero attached hydrogens (tertiary/aromatic N) is 1. The van der Waals surface area contributed by atoms with Crippen molar-refractivity contribution >= 4 is 0 Å². The van der Waals surface area contributed by atoms with Gasteiger partial charge in [-0.05, 0) is 44.6 Å². The van der Waals surface area contributed by atoms with E-state index in [9.17, 15) is 0 Å². The Morgan fingerprint density at radius 1 is 1.32 bits per heavy atom. The minimum atomic E-state index is 0.250. The van der Waals surface area contributed by atoms with E-state index in [1.54, 1.807) is 0 Å². The molecule has 3 heteroatoms. The molecule has 1 aliphatic heterocycles. The van der Waals surface area contributed by atoms with Crippen LogP contribution in [-0.2, 0) is 4.74 Å². The summed E-state index contributed by atoms with van der Waals surface area (Å²) in [5.41, 5.74) is 6.47. The Balaban J connectivity index is 2.04. The molecule has 0 aromatic rings. The van der Waals surface area contributed by atoms with Gasteiger partial charge in [-0.1, -0.05) is 26.7 Å².